The van der Waals surface area contributed by atoms with Crippen molar-refractivity contribution in [2.45, 2.75) is 38.3 Å². The molecule has 20 heavy (non-hydrogen) atoms. The lowest BCUT2D eigenvalue weighted by Gasteiger charge is -2.21. The van der Waals surface area contributed by atoms with E-state index in [1.807, 2.05) is 0 Å². The highest BCUT2D eigenvalue weighted by atomic mass is 16.4. The normalized spacial score (nSPS) is 21.3. The van der Waals surface area contributed by atoms with Crippen molar-refractivity contribution < 1.29 is 29.7 Å². The van der Waals surface area contributed by atoms with Gasteiger partial charge < -0.3 is 25.5 Å². The Morgan fingerprint density at radius 1 is 1.35 bits per heavy atom. The standard InChI is InChI=1S/C12H20N2O6/c1-7(15)8-4-5-14(6-8)12(20)13-9(11(18)19)2-3-10(16)17/h7-9,15H,2-6H2,1H3,(H,13,20)(H,16,17)(H,18,19). The smallest absolute Gasteiger partial charge is 0.326 e. The van der Waals surface area contributed by atoms with E-state index in [1.54, 1.807) is 6.92 Å². The molecule has 1 fully saturated rings. The first-order valence-electron chi connectivity index (χ1n) is 6.49. The molecule has 8 nitrogen and oxygen atoms in total. The SMILES string of the molecule is CC(O)C1CCN(C(=O)NC(CCC(=O)O)C(=O)O)C1. The van der Waals surface area contributed by atoms with E-state index in [0.717, 1.165) is 0 Å². The molecule has 0 aromatic heterocycles. The zero-order valence-corrected chi connectivity index (χ0v) is 11.3. The maximum atomic E-state index is 11.9. The lowest BCUT2D eigenvalue weighted by atomic mass is 10.0. The van der Waals surface area contributed by atoms with Gasteiger partial charge in [-0.1, -0.05) is 0 Å². The van der Waals surface area contributed by atoms with Crippen molar-refractivity contribution in [3.8, 4) is 0 Å². The van der Waals surface area contributed by atoms with E-state index in [0.29, 0.717) is 19.5 Å². The minimum atomic E-state index is -1.26. The van der Waals surface area contributed by atoms with Gasteiger partial charge in [-0.15, -0.1) is 0 Å². The number of urea groups is 1. The molecular formula is C12H20N2O6. The van der Waals surface area contributed by atoms with Gasteiger partial charge in [0.05, 0.1) is 6.10 Å². The van der Waals surface area contributed by atoms with Gasteiger partial charge >= 0.3 is 18.0 Å². The fraction of sp³-hybridized carbons (Fsp3) is 0.750. The van der Waals surface area contributed by atoms with E-state index in [1.165, 1.54) is 4.90 Å². The molecule has 3 atom stereocenters. The van der Waals surface area contributed by atoms with Crippen LogP contribution < -0.4 is 5.32 Å². The Hall–Kier alpha value is -1.83. The molecule has 3 unspecified atom stereocenters. The quantitative estimate of drug-likeness (QED) is 0.532. The predicted octanol–water partition coefficient (Wildman–Crippen LogP) is -0.283. The number of rotatable bonds is 6. The van der Waals surface area contributed by atoms with Gasteiger partial charge in [-0.2, -0.15) is 0 Å². The van der Waals surface area contributed by atoms with Crippen LogP contribution in [0.1, 0.15) is 26.2 Å². The number of carboxylic acids is 2. The molecule has 1 rings (SSSR count). The summed E-state index contributed by atoms with van der Waals surface area (Å²) in [5.41, 5.74) is 0. The van der Waals surface area contributed by atoms with Crippen molar-refractivity contribution in [2.24, 2.45) is 5.92 Å². The molecule has 0 saturated carbocycles. The second-order valence-electron chi connectivity index (χ2n) is 5.01. The monoisotopic (exact) mass is 288 g/mol. The molecule has 0 aromatic rings. The summed E-state index contributed by atoms with van der Waals surface area (Å²) in [6.45, 7) is 2.47. The van der Waals surface area contributed by atoms with Gasteiger partial charge in [-0.25, -0.2) is 9.59 Å². The van der Waals surface area contributed by atoms with Crippen LogP contribution in [0.15, 0.2) is 0 Å². The van der Waals surface area contributed by atoms with E-state index < -0.39 is 30.1 Å². The van der Waals surface area contributed by atoms with Gasteiger partial charge in [0.25, 0.3) is 0 Å². The molecule has 0 bridgehead atoms. The average molecular weight is 288 g/mol. The molecule has 0 spiro atoms. The van der Waals surface area contributed by atoms with Crippen LogP contribution in [0.5, 0.6) is 0 Å². The van der Waals surface area contributed by atoms with Crippen molar-refractivity contribution in [3.05, 3.63) is 0 Å². The second-order valence-corrected chi connectivity index (χ2v) is 5.01. The van der Waals surface area contributed by atoms with Crippen LogP contribution in [-0.4, -0.2) is 63.4 Å². The third-order valence-electron chi connectivity index (χ3n) is 3.44. The number of carbonyl (C=O) groups excluding carboxylic acids is 1. The minimum Gasteiger partial charge on any atom is -0.481 e. The molecule has 2 amide bonds. The predicted molar refractivity (Wildman–Crippen MR) is 68.2 cm³/mol. The highest BCUT2D eigenvalue weighted by Gasteiger charge is 2.31. The van der Waals surface area contributed by atoms with Crippen LogP contribution in [0.3, 0.4) is 0 Å². The summed E-state index contributed by atoms with van der Waals surface area (Å²) in [5, 5.41) is 29.3. The molecule has 8 heteroatoms. The third-order valence-corrected chi connectivity index (χ3v) is 3.44. The zero-order valence-electron chi connectivity index (χ0n) is 11.3. The van der Waals surface area contributed by atoms with Gasteiger partial charge in [0, 0.05) is 25.4 Å². The average Bonchev–Trinajstić information content (AvgIpc) is 2.83. The van der Waals surface area contributed by atoms with Gasteiger partial charge in [-0.05, 0) is 19.8 Å². The van der Waals surface area contributed by atoms with Gasteiger partial charge in [0.1, 0.15) is 6.04 Å². The number of carbonyl (C=O) groups is 3. The Bertz CT molecular complexity index is 384. The third kappa shape index (κ3) is 4.69. The largest absolute Gasteiger partial charge is 0.481 e. The first-order valence-corrected chi connectivity index (χ1v) is 6.49. The summed E-state index contributed by atoms with van der Waals surface area (Å²) >= 11 is 0. The molecule has 4 N–H and O–H groups in total. The summed E-state index contributed by atoms with van der Waals surface area (Å²) < 4.78 is 0. The molecule has 1 aliphatic rings. The summed E-state index contributed by atoms with van der Waals surface area (Å²) in [4.78, 5) is 34.7. The molecule has 114 valence electrons. The molecule has 1 heterocycles. The number of amides is 2. The van der Waals surface area contributed by atoms with Crippen molar-refractivity contribution in [3.63, 3.8) is 0 Å². The Balaban J connectivity index is 2.50. The first kappa shape index (κ1) is 16.2. The molecule has 1 aliphatic heterocycles. The van der Waals surface area contributed by atoms with E-state index in [-0.39, 0.29) is 18.8 Å². The molecular weight excluding hydrogens is 268 g/mol. The van der Waals surface area contributed by atoms with Crippen LogP contribution >= 0.6 is 0 Å². The first-order chi connectivity index (χ1) is 9.31. The highest BCUT2D eigenvalue weighted by molar-refractivity contribution is 5.83. The lowest BCUT2D eigenvalue weighted by molar-refractivity contribution is -0.140. The summed E-state index contributed by atoms with van der Waals surface area (Å²) in [6, 6.07) is -1.75. The van der Waals surface area contributed by atoms with E-state index in [9.17, 15) is 19.5 Å². The number of aliphatic hydroxyl groups excluding tert-OH is 1. The number of aliphatic hydroxyl groups is 1. The van der Waals surface area contributed by atoms with Gasteiger partial charge in [-0.3, -0.25) is 4.79 Å². The van der Waals surface area contributed by atoms with Crippen molar-refractivity contribution in [1.82, 2.24) is 10.2 Å². The summed E-state index contributed by atoms with van der Waals surface area (Å²) in [5.74, 6) is -2.38. The highest BCUT2D eigenvalue weighted by Crippen LogP contribution is 2.19. The fourth-order valence-electron chi connectivity index (χ4n) is 2.13. The zero-order chi connectivity index (χ0) is 15.3. The molecule has 1 saturated heterocycles. The van der Waals surface area contributed by atoms with Crippen LogP contribution in [0.25, 0.3) is 0 Å². The number of nitrogens with one attached hydrogen (secondary N) is 1. The van der Waals surface area contributed by atoms with Crippen LogP contribution in [0, 0.1) is 5.92 Å². The Morgan fingerprint density at radius 2 is 2.00 bits per heavy atom. The van der Waals surface area contributed by atoms with Crippen molar-refractivity contribution >= 4 is 18.0 Å². The van der Waals surface area contributed by atoms with E-state index >= 15 is 0 Å². The molecule has 0 radical (unpaired) electrons. The van der Waals surface area contributed by atoms with Crippen molar-refractivity contribution in [2.75, 3.05) is 13.1 Å². The van der Waals surface area contributed by atoms with Crippen LogP contribution in [0.4, 0.5) is 4.79 Å². The topological polar surface area (TPSA) is 127 Å². The van der Waals surface area contributed by atoms with Crippen LogP contribution in [0.2, 0.25) is 0 Å². The Labute approximate surface area is 116 Å². The van der Waals surface area contributed by atoms with Crippen LogP contribution in [-0.2, 0) is 9.59 Å². The number of carboxylic acid groups (broad SMARTS) is 2. The fourth-order valence-corrected chi connectivity index (χ4v) is 2.13. The van der Waals surface area contributed by atoms with E-state index in [4.69, 9.17) is 10.2 Å². The maximum absolute atomic E-state index is 11.9. The number of nitrogens with zero attached hydrogens (tertiary/aromatic N) is 1. The van der Waals surface area contributed by atoms with Gasteiger partial charge in [0.15, 0.2) is 0 Å². The maximum Gasteiger partial charge on any atom is 0.326 e. The van der Waals surface area contributed by atoms with Crippen molar-refractivity contribution in [1.29, 1.82) is 0 Å². The van der Waals surface area contributed by atoms with Gasteiger partial charge in [0.2, 0.25) is 0 Å². The number of likely N-dealkylation sites (tertiary alicyclic amines) is 1. The second kappa shape index (κ2) is 7.09. The Morgan fingerprint density at radius 3 is 2.45 bits per heavy atom. The number of hydrogen-bond donors (Lipinski definition) is 4. The molecule has 0 aliphatic carbocycles. The Kier molecular flexibility index (Phi) is 5.75. The molecule has 0 aromatic carbocycles. The number of hydrogen-bond acceptors (Lipinski definition) is 4. The van der Waals surface area contributed by atoms with E-state index in [2.05, 4.69) is 5.32 Å². The lowest BCUT2D eigenvalue weighted by Crippen LogP contribution is -2.47. The summed E-state index contributed by atoms with van der Waals surface area (Å²) in [6.07, 6.45) is -0.342. The minimum absolute atomic E-state index is 0.0111. The summed E-state index contributed by atoms with van der Waals surface area (Å²) in [7, 11) is 0. The number of aliphatic carboxylic acids is 2.